The zero-order valence-electron chi connectivity index (χ0n) is 24.4. The highest BCUT2D eigenvalue weighted by Crippen LogP contribution is 2.29. The van der Waals surface area contributed by atoms with Gasteiger partial charge in [-0.2, -0.15) is 13.2 Å². The minimum Gasteiger partial charge on any atom is -0.464 e. The van der Waals surface area contributed by atoms with E-state index in [4.69, 9.17) is 4.74 Å². The molecule has 44 heavy (non-hydrogen) atoms. The molecule has 1 aromatic heterocycles. The second-order valence-electron chi connectivity index (χ2n) is 9.60. The van der Waals surface area contributed by atoms with Gasteiger partial charge < -0.3 is 15.0 Å². The molecule has 2 N–H and O–H groups in total. The number of para-hydroxylation sites is 2. The van der Waals surface area contributed by atoms with Crippen LogP contribution in [0, 0.1) is 0 Å². The Morgan fingerprint density at radius 2 is 1.66 bits per heavy atom. The van der Waals surface area contributed by atoms with Crippen LogP contribution in [0.15, 0.2) is 88.6 Å². The molecular weight excluding hydrogens is 575 g/mol. The van der Waals surface area contributed by atoms with E-state index in [9.17, 15) is 27.6 Å². The molecule has 230 valence electrons. The summed E-state index contributed by atoms with van der Waals surface area (Å²) in [5.41, 5.74) is 2.22. The summed E-state index contributed by atoms with van der Waals surface area (Å²) in [6.45, 7) is 6.02. The second kappa shape index (κ2) is 13.9. The third-order valence-electron chi connectivity index (χ3n) is 6.83. The molecular formula is C32H32F3N5O4. The van der Waals surface area contributed by atoms with E-state index in [1.807, 2.05) is 68.4 Å². The smallest absolute Gasteiger partial charge is 0.464 e. The molecule has 0 aliphatic carbocycles. The lowest BCUT2D eigenvalue weighted by molar-refractivity contribution is -0.167. The summed E-state index contributed by atoms with van der Waals surface area (Å²) in [5.74, 6) is -2.71. The first-order valence-electron chi connectivity index (χ1n) is 14.0. The van der Waals surface area contributed by atoms with E-state index in [1.165, 1.54) is 35.2 Å². The number of alkyl halides is 3. The minimum atomic E-state index is -5.05. The molecule has 4 rings (SSSR count). The van der Waals surface area contributed by atoms with Crippen LogP contribution in [0.25, 0.3) is 5.69 Å². The number of aliphatic imine (C=N–C) groups is 1. The average Bonchev–Trinajstić information content (AvgIpc) is 3.34. The number of benzene rings is 3. The SMILES string of the molecule is CCOC(=O)C(c1[nH]n(-c2ccc(NC(=O)C(F)(F)F)cc2)c(=O)c1C=Nc1ccccc1CC)N(CC)c1ccccc1. The normalized spacial score (nSPS) is 12.2. The number of ether oxygens (including phenoxy) is 1. The lowest BCUT2D eigenvalue weighted by atomic mass is 10.1. The van der Waals surface area contributed by atoms with Crippen molar-refractivity contribution in [2.24, 2.45) is 4.99 Å². The number of amides is 1. The summed E-state index contributed by atoms with van der Waals surface area (Å²) in [4.78, 5) is 45.3. The number of esters is 1. The van der Waals surface area contributed by atoms with Crippen molar-refractivity contribution in [3.8, 4) is 5.69 Å². The molecule has 0 aliphatic rings. The highest BCUT2D eigenvalue weighted by molar-refractivity contribution is 5.95. The van der Waals surface area contributed by atoms with Crippen LogP contribution in [-0.4, -0.2) is 47.2 Å². The van der Waals surface area contributed by atoms with E-state index in [0.717, 1.165) is 5.56 Å². The van der Waals surface area contributed by atoms with Crippen LogP contribution >= 0.6 is 0 Å². The first kappa shape index (κ1) is 31.8. The molecule has 1 unspecified atom stereocenters. The number of carbonyl (C=O) groups excluding carboxylic acids is 2. The van der Waals surface area contributed by atoms with Crippen LogP contribution in [0.4, 0.5) is 30.2 Å². The highest BCUT2D eigenvalue weighted by atomic mass is 19.4. The number of H-pyrrole nitrogens is 1. The molecule has 0 radical (unpaired) electrons. The maximum Gasteiger partial charge on any atom is 0.471 e. The number of rotatable bonds is 11. The minimum absolute atomic E-state index is 0.0952. The fraction of sp³-hybridized carbons (Fsp3) is 0.250. The van der Waals surface area contributed by atoms with Gasteiger partial charge >= 0.3 is 18.1 Å². The monoisotopic (exact) mass is 607 g/mol. The van der Waals surface area contributed by atoms with Crippen LogP contribution in [0.1, 0.15) is 43.6 Å². The molecule has 0 spiro atoms. The molecule has 1 heterocycles. The number of aryl methyl sites for hydroxylation is 1. The van der Waals surface area contributed by atoms with Gasteiger partial charge in [0.05, 0.1) is 29.2 Å². The van der Waals surface area contributed by atoms with Gasteiger partial charge in [-0.3, -0.25) is 19.7 Å². The van der Waals surface area contributed by atoms with Gasteiger partial charge in [-0.25, -0.2) is 9.48 Å². The standard InChI is InChI=1S/C32H32F3N5O4/c1-4-21-12-10-11-15-26(21)36-20-25-27(28(30(42)44-6-3)39(5-2)23-13-8-7-9-14-23)38-40(29(25)41)24-18-16-22(17-19-24)37-31(43)32(33,34)35/h7-20,28,38H,4-6H2,1-3H3,(H,37,43). The third-order valence-corrected chi connectivity index (χ3v) is 6.83. The molecule has 0 bridgehead atoms. The first-order valence-corrected chi connectivity index (χ1v) is 14.0. The molecule has 1 atom stereocenters. The van der Waals surface area contributed by atoms with Gasteiger partial charge in [0.2, 0.25) is 0 Å². The molecule has 0 saturated carbocycles. The van der Waals surface area contributed by atoms with Crippen molar-refractivity contribution >= 4 is 35.2 Å². The molecule has 0 fully saturated rings. The topological polar surface area (TPSA) is 109 Å². The van der Waals surface area contributed by atoms with Crippen molar-refractivity contribution in [3.63, 3.8) is 0 Å². The van der Waals surface area contributed by atoms with E-state index in [0.29, 0.717) is 24.3 Å². The maximum atomic E-state index is 13.9. The van der Waals surface area contributed by atoms with Gasteiger partial charge in [-0.05, 0) is 68.3 Å². The number of carbonyl (C=O) groups is 2. The van der Waals surface area contributed by atoms with Crippen molar-refractivity contribution in [2.45, 2.75) is 39.4 Å². The van der Waals surface area contributed by atoms with E-state index >= 15 is 0 Å². The van der Waals surface area contributed by atoms with Crippen molar-refractivity contribution < 1.29 is 27.5 Å². The molecule has 0 aliphatic heterocycles. The van der Waals surface area contributed by atoms with Crippen molar-refractivity contribution in [1.29, 1.82) is 0 Å². The fourth-order valence-corrected chi connectivity index (χ4v) is 4.70. The quantitative estimate of drug-likeness (QED) is 0.158. The van der Waals surface area contributed by atoms with E-state index in [2.05, 4.69) is 10.1 Å². The Bertz CT molecular complexity index is 1680. The molecule has 0 saturated heterocycles. The van der Waals surface area contributed by atoms with Crippen LogP contribution in [0.3, 0.4) is 0 Å². The number of likely N-dealkylation sites (N-methyl/N-ethyl adjacent to an activating group) is 1. The zero-order chi connectivity index (χ0) is 31.9. The summed E-state index contributed by atoms with van der Waals surface area (Å²) >= 11 is 0. The maximum absolute atomic E-state index is 13.9. The number of hydrogen-bond acceptors (Lipinski definition) is 6. The Labute approximate surface area is 252 Å². The van der Waals surface area contributed by atoms with Crippen LogP contribution in [0.2, 0.25) is 0 Å². The Morgan fingerprint density at radius 3 is 2.27 bits per heavy atom. The Morgan fingerprint density at radius 1 is 1.00 bits per heavy atom. The van der Waals surface area contributed by atoms with Gasteiger partial charge in [0.1, 0.15) is 0 Å². The summed E-state index contributed by atoms with van der Waals surface area (Å²) in [7, 11) is 0. The fourth-order valence-electron chi connectivity index (χ4n) is 4.70. The van der Waals surface area contributed by atoms with Crippen molar-refractivity contribution in [2.75, 3.05) is 23.4 Å². The van der Waals surface area contributed by atoms with Crippen LogP contribution in [-0.2, 0) is 20.7 Å². The van der Waals surface area contributed by atoms with E-state index in [1.54, 1.807) is 17.1 Å². The third kappa shape index (κ3) is 7.08. The number of nitrogens with one attached hydrogen (secondary N) is 2. The van der Waals surface area contributed by atoms with Gasteiger partial charge in [0, 0.05) is 24.1 Å². The van der Waals surface area contributed by atoms with Crippen molar-refractivity contribution in [1.82, 2.24) is 9.78 Å². The molecule has 1 amide bonds. The van der Waals surface area contributed by atoms with Crippen LogP contribution < -0.4 is 15.8 Å². The summed E-state index contributed by atoms with van der Waals surface area (Å²) in [5, 5.41) is 4.82. The number of halogens is 3. The number of aromatic amines is 1. The van der Waals surface area contributed by atoms with E-state index < -0.39 is 29.7 Å². The molecule has 3 aromatic carbocycles. The number of anilines is 2. The average molecular weight is 608 g/mol. The lowest BCUT2D eigenvalue weighted by Crippen LogP contribution is -2.36. The lowest BCUT2D eigenvalue weighted by Gasteiger charge is -2.30. The van der Waals surface area contributed by atoms with Gasteiger partial charge in [0.15, 0.2) is 6.04 Å². The molecule has 4 aromatic rings. The predicted octanol–water partition coefficient (Wildman–Crippen LogP) is 6.11. The van der Waals surface area contributed by atoms with Gasteiger partial charge in [-0.15, -0.1) is 0 Å². The zero-order valence-corrected chi connectivity index (χ0v) is 24.4. The van der Waals surface area contributed by atoms with E-state index in [-0.39, 0.29) is 29.2 Å². The number of hydrogen-bond donors (Lipinski definition) is 2. The summed E-state index contributed by atoms with van der Waals surface area (Å²) in [6.07, 6.45) is -2.94. The molecule has 9 nitrogen and oxygen atoms in total. The van der Waals surface area contributed by atoms with Gasteiger partial charge in [0.25, 0.3) is 5.56 Å². The predicted molar refractivity (Wildman–Crippen MR) is 163 cm³/mol. The summed E-state index contributed by atoms with van der Waals surface area (Å²) < 4.78 is 44.8. The first-order chi connectivity index (χ1) is 21.1. The Balaban J connectivity index is 1.88. The second-order valence-corrected chi connectivity index (χ2v) is 9.60. The number of aromatic nitrogens is 2. The largest absolute Gasteiger partial charge is 0.471 e. The Hall–Kier alpha value is -5.13. The van der Waals surface area contributed by atoms with Gasteiger partial charge in [-0.1, -0.05) is 43.3 Å². The Kier molecular flexibility index (Phi) is 10.0. The summed E-state index contributed by atoms with van der Waals surface area (Å²) in [6, 6.07) is 20.8. The van der Waals surface area contributed by atoms with Crippen molar-refractivity contribution in [3.05, 3.63) is 106 Å². The molecule has 12 heteroatoms. The highest BCUT2D eigenvalue weighted by Gasteiger charge is 2.38. The van der Waals surface area contributed by atoms with Crippen LogP contribution in [0.5, 0.6) is 0 Å². The number of nitrogens with zero attached hydrogens (tertiary/aromatic N) is 3.